The van der Waals surface area contributed by atoms with E-state index in [0.717, 1.165) is 44.1 Å². The molecule has 6 rings (SSSR count). The van der Waals surface area contributed by atoms with Gasteiger partial charge < -0.3 is 14.6 Å². The first-order valence-electron chi connectivity index (χ1n) is 13.3. The van der Waals surface area contributed by atoms with Gasteiger partial charge in [-0.15, -0.1) is 0 Å². The highest BCUT2D eigenvalue weighted by atomic mass is 16.6. The molecule has 5 heteroatoms. The molecule has 37 heavy (non-hydrogen) atoms. The standard InChI is InChI=1S/C32H32O5/c1-32-19-18-23-22-14-16-27(36-30(34)20-8-4-2-5-9-20)29(37-31(35)21-10-6-3-7-11-21)25(22)13-12-24(23)26(32)15-17-28(32)33/h2-11,14,16,23-24,26,28,33H,12-13,15,17-19H2,1H3/t23-,24-,26-,28-,32+/m1/s1. The van der Waals surface area contributed by atoms with Crippen molar-refractivity contribution in [3.05, 3.63) is 95.1 Å². The van der Waals surface area contributed by atoms with E-state index in [4.69, 9.17) is 9.47 Å². The Morgan fingerprint density at radius 2 is 1.46 bits per heavy atom. The van der Waals surface area contributed by atoms with E-state index in [1.807, 2.05) is 12.1 Å². The Labute approximate surface area is 217 Å². The molecule has 0 unspecified atom stereocenters. The van der Waals surface area contributed by atoms with E-state index in [1.54, 1.807) is 54.6 Å². The molecular formula is C32H32O5. The average Bonchev–Trinajstić information content (AvgIpc) is 3.24. The Balaban J connectivity index is 1.37. The average molecular weight is 497 g/mol. The Kier molecular flexibility index (Phi) is 6.12. The van der Waals surface area contributed by atoms with Gasteiger partial charge in [-0.3, -0.25) is 0 Å². The lowest BCUT2D eigenvalue weighted by Gasteiger charge is -2.50. The smallest absolute Gasteiger partial charge is 0.343 e. The van der Waals surface area contributed by atoms with E-state index < -0.39 is 11.9 Å². The maximum atomic E-state index is 13.1. The molecule has 5 atom stereocenters. The lowest BCUT2D eigenvalue weighted by molar-refractivity contribution is -0.0227. The van der Waals surface area contributed by atoms with Crippen molar-refractivity contribution < 1.29 is 24.2 Å². The Morgan fingerprint density at radius 3 is 2.14 bits per heavy atom. The SMILES string of the molecule is C[C@]12CC[C@@H]3c4ccc(OC(=O)c5ccccc5)c(OC(=O)c5ccccc5)c4CC[C@H]3[C@H]1CC[C@H]2O. The molecule has 3 aliphatic carbocycles. The number of aliphatic hydroxyl groups excluding tert-OH is 1. The minimum atomic E-state index is -0.486. The highest BCUT2D eigenvalue weighted by Crippen LogP contribution is 2.61. The summed E-state index contributed by atoms with van der Waals surface area (Å²) in [6, 6.07) is 21.6. The van der Waals surface area contributed by atoms with Crippen LogP contribution in [-0.4, -0.2) is 23.1 Å². The van der Waals surface area contributed by atoms with Gasteiger partial charge in [0.05, 0.1) is 17.2 Å². The Bertz CT molecular complexity index is 1320. The molecular weight excluding hydrogens is 464 g/mol. The van der Waals surface area contributed by atoms with E-state index in [1.165, 1.54) is 5.56 Å². The zero-order valence-electron chi connectivity index (χ0n) is 21.1. The second kappa shape index (κ2) is 9.46. The molecule has 5 nitrogen and oxygen atoms in total. The van der Waals surface area contributed by atoms with Crippen molar-refractivity contribution in [3.63, 3.8) is 0 Å². The molecule has 1 N–H and O–H groups in total. The highest BCUT2D eigenvalue weighted by molar-refractivity contribution is 5.93. The summed E-state index contributed by atoms with van der Waals surface area (Å²) in [7, 11) is 0. The predicted octanol–water partition coefficient (Wildman–Crippen LogP) is 6.34. The number of fused-ring (bicyclic) bond motifs is 5. The van der Waals surface area contributed by atoms with E-state index in [-0.39, 0.29) is 17.3 Å². The summed E-state index contributed by atoms with van der Waals surface area (Å²) in [6.45, 7) is 2.26. The molecule has 0 radical (unpaired) electrons. The number of rotatable bonds is 4. The summed E-state index contributed by atoms with van der Waals surface area (Å²) in [5.41, 5.74) is 3.03. The van der Waals surface area contributed by atoms with Crippen LogP contribution in [0.15, 0.2) is 72.8 Å². The first kappa shape index (κ1) is 23.9. The number of esters is 2. The summed E-state index contributed by atoms with van der Waals surface area (Å²) in [5.74, 6) is 1.02. The largest absolute Gasteiger partial charge is 0.419 e. The van der Waals surface area contributed by atoms with Gasteiger partial charge in [-0.05, 0) is 97.6 Å². The van der Waals surface area contributed by atoms with Crippen LogP contribution in [0.4, 0.5) is 0 Å². The monoisotopic (exact) mass is 496 g/mol. The molecule has 0 aliphatic heterocycles. The van der Waals surface area contributed by atoms with E-state index in [2.05, 4.69) is 13.0 Å². The lowest BCUT2D eigenvalue weighted by atomic mass is 9.55. The fraction of sp³-hybridized carbons (Fsp3) is 0.375. The summed E-state index contributed by atoms with van der Waals surface area (Å²) in [5, 5.41) is 10.7. The second-order valence-corrected chi connectivity index (χ2v) is 11.0. The normalized spacial score (nSPS) is 27.9. The molecule has 2 fully saturated rings. The first-order chi connectivity index (χ1) is 18.0. The van der Waals surface area contributed by atoms with Gasteiger partial charge in [0.2, 0.25) is 0 Å². The van der Waals surface area contributed by atoms with Crippen molar-refractivity contribution in [1.29, 1.82) is 0 Å². The summed E-state index contributed by atoms with van der Waals surface area (Å²) < 4.78 is 11.8. The molecule has 0 spiro atoms. The number of ether oxygens (including phenoxy) is 2. The van der Waals surface area contributed by atoms with Crippen LogP contribution in [0.2, 0.25) is 0 Å². The van der Waals surface area contributed by atoms with Crippen LogP contribution in [0.1, 0.15) is 76.8 Å². The maximum Gasteiger partial charge on any atom is 0.343 e. The lowest BCUT2D eigenvalue weighted by Crippen LogP contribution is -2.44. The molecule has 190 valence electrons. The van der Waals surface area contributed by atoms with Gasteiger partial charge in [-0.25, -0.2) is 9.59 Å². The second-order valence-electron chi connectivity index (χ2n) is 11.0. The highest BCUT2D eigenvalue weighted by Gasteiger charge is 2.54. The molecule has 3 aromatic carbocycles. The van der Waals surface area contributed by atoms with Gasteiger partial charge >= 0.3 is 11.9 Å². The third-order valence-electron chi connectivity index (χ3n) is 9.19. The van der Waals surface area contributed by atoms with Crippen LogP contribution in [-0.2, 0) is 6.42 Å². The van der Waals surface area contributed by atoms with Crippen molar-refractivity contribution in [3.8, 4) is 11.5 Å². The molecule has 0 amide bonds. The van der Waals surface area contributed by atoms with Gasteiger partial charge in [0.25, 0.3) is 0 Å². The molecule has 2 saturated carbocycles. The number of hydrogen-bond acceptors (Lipinski definition) is 5. The molecule has 0 heterocycles. The maximum absolute atomic E-state index is 13.1. The van der Waals surface area contributed by atoms with E-state index in [9.17, 15) is 14.7 Å². The minimum absolute atomic E-state index is 0.00751. The molecule has 3 aliphatic rings. The summed E-state index contributed by atoms with van der Waals surface area (Å²) >= 11 is 0. The van der Waals surface area contributed by atoms with Crippen molar-refractivity contribution in [2.75, 3.05) is 0 Å². The topological polar surface area (TPSA) is 72.8 Å². The minimum Gasteiger partial charge on any atom is -0.419 e. The Hall–Kier alpha value is -3.44. The van der Waals surface area contributed by atoms with Gasteiger partial charge in [-0.1, -0.05) is 49.4 Å². The Morgan fingerprint density at radius 1 is 0.811 bits per heavy atom. The summed E-state index contributed by atoms with van der Waals surface area (Å²) in [6.07, 6.45) is 5.43. The summed E-state index contributed by atoms with van der Waals surface area (Å²) in [4.78, 5) is 26.1. The van der Waals surface area contributed by atoms with Crippen LogP contribution >= 0.6 is 0 Å². The number of carbonyl (C=O) groups excluding carboxylic acids is 2. The van der Waals surface area contributed by atoms with E-state index >= 15 is 0 Å². The first-order valence-corrected chi connectivity index (χ1v) is 13.3. The van der Waals surface area contributed by atoms with Gasteiger partial charge in [0.15, 0.2) is 11.5 Å². The fourth-order valence-electron chi connectivity index (χ4n) is 7.24. The van der Waals surface area contributed by atoms with Crippen LogP contribution in [0, 0.1) is 17.3 Å². The number of carbonyl (C=O) groups is 2. The van der Waals surface area contributed by atoms with Crippen molar-refractivity contribution in [1.82, 2.24) is 0 Å². The van der Waals surface area contributed by atoms with Crippen molar-refractivity contribution >= 4 is 11.9 Å². The molecule has 0 saturated heterocycles. The van der Waals surface area contributed by atoms with Crippen molar-refractivity contribution in [2.45, 2.75) is 57.5 Å². The fourth-order valence-corrected chi connectivity index (χ4v) is 7.24. The third-order valence-corrected chi connectivity index (χ3v) is 9.19. The van der Waals surface area contributed by atoms with E-state index in [0.29, 0.717) is 34.6 Å². The van der Waals surface area contributed by atoms with Crippen LogP contribution in [0.5, 0.6) is 11.5 Å². The number of hydrogen-bond donors (Lipinski definition) is 1. The predicted molar refractivity (Wildman–Crippen MR) is 140 cm³/mol. The molecule has 3 aromatic rings. The number of benzene rings is 3. The zero-order chi connectivity index (χ0) is 25.6. The van der Waals surface area contributed by atoms with Crippen LogP contribution < -0.4 is 9.47 Å². The molecule has 0 bridgehead atoms. The quantitative estimate of drug-likeness (QED) is 0.337. The van der Waals surface area contributed by atoms with Gasteiger partial charge in [-0.2, -0.15) is 0 Å². The molecule has 0 aromatic heterocycles. The number of aliphatic hydroxyl groups is 1. The van der Waals surface area contributed by atoms with Gasteiger partial charge in [0.1, 0.15) is 0 Å². The van der Waals surface area contributed by atoms with Gasteiger partial charge in [0, 0.05) is 5.56 Å². The van der Waals surface area contributed by atoms with Crippen LogP contribution in [0.25, 0.3) is 0 Å². The van der Waals surface area contributed by atoms with Crippen LogP contribution in [0.3, 0.4) is 0 Å². The van der Waals surface area contributed by atoms with Crippen molar-refractivity contribution in [2.24, 2.45) is 17.3 Å². The zero-order valence-corrected chi connectivity index (χ0v) is 21.1. The third kappa shape index (κ3) is 4.15.